The fourth-order valence-electron chi connectivity index (χ4n) is 2.17. The quantitative estimate of drug-likeness (QED) is 0.383. The molecule has 2 aromatic carbocycles. The molecule has 0 aliphatic rings. The Balaban J connectivity index is 0.00000288. The van der Waals surface area contributed by atoms with Gasteiger partial charge in [0.25, 0.3) is 0 Å². The van der Waals surface area contributed by atoms with E-state index in [1.165, 1.54) is 0 Å². The molecule has 0 heterocycles. The van der Waals surface area contributed by atoms with Crippen molar-refractivity contribution in [2.75, 3.05) is 28.4 Å². The summed E-state index contributed by atoms with van der Waals surface area (Å²) in [4.78, 5) is 0. The van der Waals surface area contributed by atoms with E-state index in [0.717, 1.165) is 33.6 Å². The second kappa shape index (κ2) is 10.9. The molecule has 0 N–H and O–H groups in total. The molecule has 24 heavy (non-hydrogen) atoms. The van der Waals surface area contributed by atoms with Crippen molar-refractivity contribution in [2.24, 2.45) is 0 Å². The van der Waals surface area contributed by atoms with E-state index in [1.807, 2.05) is 36.4 Å². The van der Waals surface area contributed by atoms with Crippen LogP contribution in [0.5, 0.6) is 23.0 Å². The molecule has 0 spiro atoms. The number of hydrogen-bond acceptors (Lipinski definition) is 4. The third-order valence-electron chi connectivity index (χ3n) is 3.29. The van der Waals surface area contributed by atoms with Crippen molar-refractivity contribution >= 4 is 27.8 Å². The maximum absolute atomic E-state index is 5.44. The van der Waals surface area contributed by atoms with Crippen LogP contribution in [-0.4, -0.2) is 28.4 Å². The first-order valence-corrected chi connectivity index (χ1v) is 9.17. The van der Waals surface area contributed by atoms with Crippen molar-refractivity contribution in [1.82, 2.24) is 0 Å². The maximum atomic E-state index is 5.44. The van der Waals surface area contributed by atoms with Gasteiger partial charge in [0.15, 0.2) is 0 Å². The molecule has 4 nitrogen and oxygen atoms in total. The average Bonchev–Trinajstić information content (AvgIpc) is 2.61. The molecule has 0 aliphatic carbocycles. The van der Waals surface area contributed by atoms with Crippen LogP contribution in [0.15, 0.2) is 36.4 Å². The van der Waals surface area contributed by atoms with Gasteiger partial charge in [-0.3, -0.25) is 5.90 Å². The Kier molecular flexibility index (Phi) is 9.56. The zero-order valence-corrected chi connectivity index (χ0v) is 16.7. The molecule has 2 unspecified atom stereocenters. The van der Waals surface area contributed by atoms with Gasteiger partial charge in [0.1, 0.15) is 23.0 Å². The number of methoxy groups -OCH3 is 4. The fraction of sp³-hybridized carbons (Fsp3) is 0.235. The van der Waals surface area contributed by atoms with Crippen molar-refractivity contribution in [3.8, 4) is 23.0 Å². The van der Waals surface area contributed by atoms with Crippen LogP contribution in [0.4, 0.5) is 0 Å². The molecule has 0 radical (unpaired) electrons. The van der Waals surface area contributed by atoms with Crippen molar-refractivity contribution in [3.05, 3.63) is 42.3 Å². The van der Waals surface area contributed by atoms with Crippen LogP contribution in [-0.2, 0) is 0 Å². The predicted octanol–water partition coefficient (Wildman–Crippen LogP) is 0.152. The number of ether oxygens (including phenoxy) is 4. The summed E-state index contributed by atoms with van der Waals surface area (Å²) in [6, 6.07) is 11.7. The molecule has 0 fully saturated rings. The van der Waals surface area contributed by atoms with Gasteiger partial charge in [-0.1, -0.05) is 12.1 Å². The van der Waals surface area contributed by atoms with Gasteiger partial charge in [-0.2, -0.15) is 0 Å². The van der Waals surface area contributed by atoms with Gasteiger partial charge < -0.3 is 18.9 Å². The fourth-order valence-corrected chi connectivity index (χ4v) is 4.92. The zero-order chi connectivity index (χ0) is 16.7. The Morgan fingerprint density at radius 2 is 0.917 bits per heavy atom. The van der Waals surface area contributed by atoms with E-state index in [9.17, 15) is 0 Å². The van der Waals surface area contributed by atoms with E-state index in [4.69, 9.17) is 18.9 Å². The number of rotatable bonds is 8. The first kappa shape index (κ1) is 21.1. The standard InChI is InChI=1S/C17H21O4P2.Li/c1-18-12-7-5-8-13(19-2)16(12)22-11-23-17-14(20-3)9-6-10-15(17)21-4;/h5-11,22-23H,1-4H3;/q-1;+1. The summed E-state index contributed by atoms with van der Waals surface area (Å²) in [6.45, 7) is 0. The van der Waals surface area contributed by atoms with E-state index in [1.54, 1.807) is 28.4 Å². The summed E-state index contributed by atoms with van der Waals surface area (Å²) in [5, 5.41) is 2.14. The summed E-state index contributed by atoms with van der Waals surface area (Å²) in [5.41, 5.74) is 0. The third kappa shape index (κ3) is 5.05. The topological polar surface area (TPSA) is 36.9 Å². The van der Waals surface area contributed by atoms with Crippen LogP contribution < -0.4 is 48.4 Å². The van der Waals surface area contributed by atoms with Gasteiger partial charge in [0.05, 0.1) is 28.4 Å². The van der Waals surface area contributed by atoms with E-state index in [2.05, 4.69) is 5.90 Å². The molecule has 0 aliphatic heterocycles. The minimum absolute atomic E-state index is 0. The van der Waals surface area contributed by atoms with Gasteiger partial charge in [-0.25, -0.2) is 17.2 Å². The van der Waals surface area contributed by atoms with Crippen LogP contribution in [0.3, 0.4) is 0 Å². The van der Waals surface area contributed by atoms with Gasteiger partial charge >= 0.3 is 18.9 Å². The summed E-state index contributed by atoms with van der Waals surface area (Å²) in [6.07, 6.45) is 0. The van der Waals surface area contributed by atoms with Gasteiger partial charge in [-0.05, 0) is 24.3 Å². The minimum Gasteiger partial charge on any atom is -0.496 e. The molecule has 2 aromatic rings. The summed E-state index contributed by atoms with van der Waals surface area (Å²) in [5.74, 6) is 5.60. The molecule has 0 amide bonds. The summed E-state index contributed by atoms with van der Waals surface area (Å²) < 4.78 is 21.8. The Morgan fingerprint density at radius 1 is 0.625 bits per heavy atom. The molecule has 0 saturated carbocycles. The Labute approximate surface area is 159 Å². The monoisotopic (exact) mass is 358 g/mol. The summed E-state index contributed by atoms with van der Waals surface area (Å²) in [7, 11) is 7.63. The van der Waals surface area contributed by atoms with Crippen molar-refractivity contribution in [3.63, 3.8) is 0 Å². The van der Waals surface area contributed by atoms with Gasteiger partial charge in [0.2, 0.25) is 0 Å². The second-order valence-corrected chi connectivity index (χ2v) is 7.24. The number of hydrogen-bond donors (Lipinski definition) is 0. The molecule has 124 valence electrons. The van der Waals surface area contributed by atoms with E-state index >= 15 is 0 Å². The van der Waals surface area contributed by atoms with Crippen LogP contribution >= 0.6 is 17.2 Å². The predicted molar refractivity (Wildman–Crippen MR) is 99.3 cm³/mol. The van der Waals surface area contributed by atoms with Crippen LogP contribution in [0.1, 0.15) is 0 Å². The van der Waals surface area contributed by atoms with E-state index in [-0.39, 0.29) is 18.9 Å². The molecule has 0 bridgehead atoms. The zero-order valence-electron chi connectivity index (χ0n) is 14.7. The van der Waals surface area contributed by atoms with Crippen molar-refractivity contribution < 1.29 is 37.8 Å². The molecular formula is C17H21LiO4P2. The Bertz CT molecular complexity index is 552. The van der Waals surface area contributed by atoms with E-state index in [0.29, 0.717) is 17.2 Å². The molecule has 7 heteroatoms. The van der Waals surface area contributed by atoms with Gasteiger partial charge in [-0.15, -0.1) is 0 Å². The molecule has 2 rings (SSSR count). The second-order valence-electron chi connectivity index (χ2n) is 4.51. The smallest absolute Gasteiger partial charge is 0.496 e. The average molecular weight is 358 g/mol. The van der Waals surface area contributed by atoms with Crippen LogP contribution in [0.25, 0.3) is 0 Å². The first-order valence-electron chi connectivity index (χ1n) is 7.01. The Morgan fingerprint density at radius 3 is 1.17 bits per heavy atom. The molecule has 0 saturated heterocycles. The molecule has 2 atom stereocenters. The summed E-state index contributed by atoms with van der Waals surface area (Å²) >= 11 is 0. The van der Waals surface area contributed by atoms with Crippen LogP contribution in [0, 0.1) is 5.90 Å². The van der Waals surface area contributed by atoms with E-state index < -0.39 is 0 Å². The first-order chi connectivity index (χ1) is 11.2. The third-order valence-corrected chi connectivity index (χ3v) is 6.01. The SMILES string of the molecule is COc1cccc(OC)c1P[CH-]Pc1c(OC)cccc1OC.[Li+]. The number of benzene rings is 2. The minimum atomic E-state index is 0. The van der Waals surface area contributed by atoms with Gasteiger partial charge in [0, 0.05) is 10.6 Å². The van der Waals surface area contributed by atoms with Crippen molar-refractivity contribution in [2.45, 2.75) is 0 Å². The normalized spacial score (nSPS) is 10.8. The van der Waals surface area contributed by atoms with Crippen LogP contribution in [0.2, 0.25) is 0 Å². The maximum Gasteiger partial charge on any atom is 1.00 e. The Hall–Kier alpha value is -0.903. The van der Waals surface area contributed by atoms with Crippen molar-refractivity contribution in [1.29, 1.82) is 0 Å². The molecular weight excluding hydrogens is 337 g/mol. The molecule has 0 aromatic heterocycles. The largest absolute Gasteiger partial charge is 1.00 e.